The first-order valence-electron chi connectivity index (χ1n) is 12.1. The van der Waals surface area contributed by atoms with Crippen LogP contribution in [-0.4, -0.2) is 52.2 Å². The van der Waals surface area contributed by atoms with Crippen LogP contribution in [0.2, 0.25) is 0 Å². The number of nitrogens with zero attached hydrogens (tertiary/aromatic N) is 2. The summed E-state index contributed by atoms with van der Waals surface area (Å²) in [4.78, 5) is 20.6. The predicted molar refractivity (Wildman–Crippen MR) is 144 cm³/mol. The topological polar surface area (TPSA) is 60.6 Å². The molecule has 0 saturated carbocycles. The van der Waals surface area contributed by atoms with Gasteiger partial charge in [0.15, 0.2) is 5.11 Å². The lowest BCUT2D eigenvalue weighted by Crippen LogP contribution is -2.44. The number of benzene rings is 2. The second kappa shape index (κ2) is 11.0. The molecule has 6 nitrogen and oxygen atoms in total. The van der Waals surface area contributed by atoms with Crippen molar-refractivity contribution in [3.63, 3.8) is 0 Å². The SMILES string of the molecule is CCOc1ccc(NC(=S)N(Cc2cc3ccc(C)cc3[nH]c2=O)C[C@@H]2CCCN2CC)cc1. The highest BCUT2D eigenvalue weighted by atomic mass is 32.1. The fourth-order valence-corrected chi connectivity index (χ4v) is 4.94. The molecule has 2 heterocycles. The van der Waals surface area contributed by atoms with Crippen LogP contribution < -0.4 is 15.6 Å². The number of anilines is 1. The summed E-state index contributed by atoms with van der Waals surface area (Å²) in [6, 6.07) is 16.4. The maximum absolute atomic E-state index is 12.9. The fourth-order valence-electron chi connectivity index (χ4n) is 4.68. The van der Waals surface area contributed by atoms with E-state index in [1.807, 2.05) is 50.2 Å². The van der Waals surface area contributed by atoms with Crippen molar-refractivity contribution < 1.29 is 4.74 Å². The minimum Gasteiger partial charge on any atom is -0.494 e. The number of aryl methyl sites for hydroxylation is 1. The van der Waals surface area contributed by atoms with Gasteiger partial charge in [-0.05, 0) is 99.3 Å². The highest BCUT2D eigenvalue weighted by Gasteiger charge is 2.26. The lowest BCUT2D eigenvalue weighted by atomic mass is 10.1. The van der Waals surface area contributed by atoms with Crippen LogP contribution in [0.15, 0.2) is 53.3 Å². The highest BCUT2D eigenvalue weighted by Crippen LogP contribution is 2.21. The van der Waals surface area contributed by atoms with Crippen LogP contribution in [0.3, 0.4) is 0 Å². The van der Waals surface area contributed by atoms with Crippen molar-refractivity contribution in [3.8, 4) is 5.75 Å². The smallest absolute Gasteiger partial charge is 0.253 e. The number of aromatic nitrogens is 1. The molecule has 1 aliphatic heterocycles. The molecule has 1 aliphatic rings. The molecule has 7 heteroatoms. The second-order valence-corrected chi connectivity index (χ2v) is 9.29. The largest absolute Gasteiger partial charge is 0.494 e. The number of nitrogens with one attached hydrogen (secondary N) is 2. The summed E-state index contributed by atoms with van der Waals surface area (Å²) in [6.45, 7) is 10.2. The third-order valence-corrected chi connectivity index (χ3v) is 6.84. The molecule has 1 atom stereocenters. The maximum Gasteiger partial charge on any atom is 0.253 e. The molecule has 2 aromatic carbocycles. The van der Waals surface area contributed by atoms with Gasteiger partial charge in [0.1, 0.15) is 5.75 Å². The Morgan fingerprint density at radius 1 is 1.21 bits per heavy atom. The molecule has 1 fully saturated rings. The zero-order chi connectivity index (χ0) is 24.1. The Kier molecular flexibility index (Phi) is 7.85. The Balaban J connectivity index is 1.58. The van der Waals surface area contributed by atoms with Gasteiger partial charge in [-0.3, -0.25) is 9.69 Å². The number of ether oxygens (including phenoxy) is 1. The molecule has 0 amide bonds. The summed E-state index contributed by atoms with van der Waals surface area (Å²) in [5.41, 5.74) is 3.54. The summed E-state index contributed by atoms with van der Waals surface area (Å²) >= 11 is 5.86. The standard InChI is InChI=1S/C27H34N4O2S/c1-4-30-14-6-7-23(30)18-31(27(34)28-22-10-12-24(13-11-22)33-5-2)17-21-16-20-9-8-19(3)15-25(20)29-26(21)32/h8-13,15-16,23H,4-7,14,17-18H2,1-3H3,(H,28,34)(H,29,32)/t23-/m0/s1. The number of pyridine rings is 1. The van der Waals surface area contributed by atoms with Crippen molar-refractivity contribution in [1.82, 2.24) is 14.8 Å². The number of aromatic amines is 1. The van der Waals surface area contributed by atoms with E-state index in [9.17, 15) is 4.79 Å². The molecule has 0 aliphatic carbocycles. The third-order valence-electron chi connectivity index (χ3n) is 6.48. The molecule has 3 aromatic rings. The van der Waals surface area contributed by atoms with E-state index < -0.39 is 0 Å². The molecule has 4 rings (SSSR count). The van der Waals surface area contributed by atoms with E-state index in [1.165, 1.54) is 6.42 Å². The number of likely N-dealkylation sites (tertiary alicyclic amines) is 1. The average molecular weight is 479 g/mol. The first kappa shape index (κ1) is 24.2. The van der Waals surface area contributed by atoms with Gasteiger partial charge in [-0.2, -0.15) is 0 Å². The number of rotatable bonds is 8. The number of H-pyrrole nitrogens is 1. The molecule has 0 radical (unpaired) electrons. The van der Waals surface area contributed by atoms with Crippen molar-refractivity contribution in [2.45, 2.75) is 46.2 Å². The number of thiocarbonyl (C=S) groups is 1. The molecule has 0 unspecified atom stereocenters. The summed E-state index contributed by atoms with van der Waals surface area (Å²) < 4.78 is 5.55. The summed E-state index contributed by atoms with van der Waals surface area (Å²) in [7, 11) is 0. The molecule has 34 heavy (non-hydrogen) atoms. The minimum atomic E-state index is -0.0641. The molecular formula is C27H34N4O2S. The Hall–Kier alpha value is -2.90. The molecule has 2 N–H and O–H groups in total. The fraction of sp³-hybridized carbons (Fsp3) is 0.407. The van der Waals surface area contributed by atoms with Crippen molar-refractivity contribution in [2.24, 2.45) is 0 Å². The van der Waals surface area contributed by atoms with Gasteiger partial charge in [-0.1, -0.05) is 19.1 Å². The normalized spacial score (nSPS) is 16.0. The first-order chi connectivity index (χ1) is 16.5. The zero-order valence-corrected chi connectivity index (χ0v) is 21.1. The molecule has 1 saturated heterocycles. The lowest BCUT2D eigenvalue weighted by molar-refractivity contribution is 0.221. The van der Waals surface area contributed by atoms with Gasteiger partial charge in [-0.15, -0.1) is 0 Å². The van der Waals surface area contributed by atoms with E-state index in [1.54, 1.807) is 0 Å². The Morgan fingerprint density at radius 3 is 2.74 bits per heavy atom. The van der Waals surface area contributed by atoms with Crippen LogP contribution >= 0.6 is 12.2 Å². The van der Waals surface area contributed by atoms with Gasteiger partial charge in [-0.25, -0.2) is 0 Å². The molecule has 0 spiro atoms. The number of likely N-dealkylation sites (N-methyl/N-ethyl adjacent to an activating group) is 1. The van der Waals surface area contributed by atoms with E-state index in [0.717, 1.165) is 54.0 Å². The summed E-state index contributed by atoms with van der Waals surface area (Å²) in [6.07, 6.45) is 2.34. The first-order valence-corrected chi connectivity index (χ1v) is 12.5. The van der Waals surface area contributed by atoms with E-state index in [0.29, 0.717) is 29.9 Å². The third kappa shape index (κ3) is 5.77. The van der Waals surface area contributed by atoms with Crippen LogP contribution in [0.25, 0.3) is 10.9 Å². The van der Waals surface area contributed by atoms with E-state index >= 15 is 0 Å². The van der Waals surface area contributed by atoms with Crippen LogP contribution in [0.5, 0.6) is 5.75 Å². The molecular weight excluding hydrogens is 444 g/mol. The van der Waals surface area contributed by atoms with Crippen LogP contribution in [-0.2, 0) is 6.54 Å². The van der Waals surface area contributed by atoms with Gasteiger partial charge < -0.3 is 19.9 Å². The average Bonchev–Trinajstić information content (AvgIpc) is 3.27. The molecule has 0 bridgehead atoms. The number of hydrogen-bond acceptors (Lipinski definition) is 4. The monoisotopic (exact) mass is 478 g/mol. The molecule has 180 valence electrons. The van der Waals surface area contributed by atoms with Gasteiger partial charge in [0.2, 0.25) is 0 Å². The summed E-state index contributed by atoms with van der Waals surface area (Å²) in [5.74, 6) is 0.832. The van der Waals surface area contributed by atoms with Crippen molar-refractivity contribution >= 4 is 33.9 Å². The van der Waals surface area contributed by atoms with Crippen LogP contribution in [0.4, 0.5) is 5.69 Å². The van der Waals surface area contributed by atoms with Crippen LogP contribution in [0, 0.1) is 6.92 Å². The van der Waals surface area contributed by atoms with Gasteiger partial charge in [0.25, 0.3) is 5.56 Å². The van der Waals surface area contributed by atoms with Gasteiger partial charge in [0.05, 0.1) is 13.2 Å². The Bertz CT molecular complexity index is 1190. The van der Waals surface area contributed by atoms with Gasteiger partial charge >= 0.3 is 0 Å². The lowest BCUT2D eigenvalue weighted by Gasteiger charge is -2.32. The van der Waals surface area contributed by atoms with Crippen molar-refractivity contribution in [2.75, 3.05) is 31.6 Å². The maximum atomic E-state index is 12.9. The quantitative estimate of drug-likeness (QED) is 0.448. The summed E-state index contributed by atoms with van der Waals surface area (Å²) in [5, 5.41) is 5.02. The van der Waals surface area contributed by atoms with Crippen molar-refractivity contribution in [3.05, 3.63) is 70.0 Å². The predicted octanol–water partition coefficient (Wildman–Crippen LogP) is 4.92. The van der Waals surface area contributed by atoms with Crippen molar-refractivity contribution in [1.29, 1.82) is 0 Å². The minimum absolute atomic E-state index is 0.0641. The number of fused-ring (bicyclic) bond motifs is 1. The second-order valence-electron chi connectivity index (χ2n) is 8.91. The Morgan fingerprint density at radius 2 is 2.00 bits per heavy atom. The zero-order valence-electron chi connectivity index (χ0n) is 20.3. The highest BCUT2D eigenvalue weighted by molar-refractivity contribution is 7.80. The van der Waals surface area contributed by atoms with Crippen LogP contribution in [0.1, 0.15) is 37.8 Å². The van der Waals surface area contributed by atoms with E-state index in [-0.39, 0.29) is 5.56 Å². The Labute approximate surface area is 206 Å². The van der Waals surface area contributed by atoms with Gasteiger partial charge in [0, 0.05) is 29.4 Å². The van der Waals surface area contributed by atoms with E-state index in [4.69, 9.17) is 17.0 Å². The van der Waals surface area contributed by atoms with E-state index in [2.05, 4.69) is 39.2 Å². The number of hydrogen-bond donors (Lipinski definition) is 2. The molecule has 1 aromatic heterocycles.